The van der Waals surface area contributed by atoms with Crippen molar-refractivity contribution in [1.82, 2.24) is 15.2 Å². The van der Waals surface area contributed by atoms with Crippen molar-refractivity contribution in [2.24, 2.45) is 0 Å². The molecule has 1 fully saturated rings. The fourth-order valence-corrected chi connectivity index (χ4v) is 3.03. The minimum Gasteiger partial charge on any atom is -0.390 e. The third-order valence-electron chi connectivity index (χ3n) is 3.26. The number of nitrogens with zero attached hydrogens (tertiary/aromatic N) is 2. The lowest BCUT2D eigenvalue weighted by Gasteiger charge is -2.19. The van der Waals surface area contributed by atoms with Crippen LogP contribution in [0.1, 0.15) is 30.5 Å². The number of β-amino-alcohol motifs (C(OH)–C–C–N with tert-alkyl or cyclic N) is 1. The summed E-state index contributed by atoms with van der Waals surface area (Å²) in [5.41, 5.74) is 1.09. The van der Waals surface area contributed by atoms with Gasteiger partial charge >= 0.3 is 0 Å². The number of aliphatic hydroxyl groups is 1. The Morgan fingerprint density at radius 3 is 2.94 bits per heavy atom. The first-order valence-electron chi connectivity index (χ1n) is 6.82. The van der Waals surface area contributed by atoms with E-state index in [1.807, 2.05) is 0 Å². The summed E-state index contributed by atoms with van der Waals surface area (Å²) in [6.45, 7) is 6.61. The van der Waals surface area contributed by atoms with E-state index >= 15 is 0 Å². The number of hydrogen-bond acceptors (Lipinski definition) is 5. The highest BCUT2D eigenvalue weighted by Gasteiger charge is 2.15. The topological polar surface area (TPSA) is 48.4 Å². The molecule has 102 valence electrons. The summed E-state index contributed by atoms with van der Waals surface area (Å²) in [6.07, 6.45) is 3.28. The molecule has 1 saturated heterocycles. The predicted molar refractivity (Wildman–Crippen MR) is 74.9 cm³/mol. The maximum absolute atomic E-state index is 9.92. The predicted octanol–water partition coefficient (Wildman–Crippen LogP) is 1.25. The molecule has 1 aromatic heterocycles. The zero-order chi connectivity index (χ0) is 12.8. The number of hydrogen-bond donors (Lipinski definition) is 2. The Bertz CT molecular complexity index is 350. The van der Waals surface area contributed by atoms with Gasteiger partial charge in [-0.05, 0) is 32.4 Å². The fourth-order valence-electron chi connectivity index (χ4n) is 2.29. The van der Waals surface area contributed by atoms with E-state index < -0.39 is 0 Å². The van der Waals surface area contributed by atoms with Crippen LogP contribution in [-0.2, 0) is 13.0 Å². The number of aryl methyl sites for hydroxylation is 1. The SMILES string of the molecule is CCc1nc(CNCC(O)CN2CCCC2)cs1. The van der Waals surface area contributed by atoms with Crippen molar-refractivity contribution in [2.45, 2.75) is 38.8 Å². The Kier molecular flexibility index (Phi) is 5.56. The molecule has 0 amide bonds. The van der Waals surface area contributed by atoms with E-state index in [9.17, 15) is 5.11 Å². The van der Waals surface area contributed by atoms with Crippen molar-refractivity contribution < 1.29 is 5.11 Å². The van der Waals surface area contributed by atoms with E-state index in [2.05, 4.69) is 27.5 Å². The van der Waals surface area contributed by atoms with Gasteiger partial charge in [-0.2, -0.15) is 0 Å². The normalized spacial score (nSPS) is 18.3. The second-order valence-electron chi connectivity index (χ2n) is 4.88. The van der Waals surface area contributed by atoms with E-state index in [-0.39, 0.29) is 6.10 Å². The number of thiazole rings is 1. The van der Waals surface area contributed by atoms with E-state index in [1.165, 1.54) is 17.8 Å². The lowest BCUT2D eigenvalue weighted by molar-refractivity contribution is 0.123. The smallest absolute Gasteiger partial charge is 0.0926 e. The lowest BCUT2D eigenvalue weighted by Crippen LogP contribution is -2.36. The van der Waals surface area contributed by atoms with Crippen LogP contribution < -0.4 is 5.32 Å². The molecular formula is C13H23N3OS. The largest absolute Gasteiger partial charge is 0.390 e. The Morgan fingerprint density at radius 2 is 2.28 bits per heavy atom. The molecule has 1 unspecified atom stereocenters. The molecular weight excluding hydrogens is 246 g/mol. The van der Waals surface area contributed by atoms with E-state index in [0.29, 0.717) is 6.54 Å². The maximum Gasteiger partial charge on any atom is 0.0926 e. The molecule has 2 N–H and O–H groups in total. The van der Waals surface area contributed by atoms with E-state index in [0.717, 1.165) is 38.3 Å². The summed E-state index contributed by atoms with van der Waals surface area (Å²) in [7, 11) is 0. The van der Waals surface area contributed by atoms with Crippen LogP contribution in [0.25, 0.3) is 0 Å². The highest BCUT2D eigenvalue weighted by molar-refractivity contribution is 7.09. The van der Waals surface area contributed by atoms with Gasteiger partial charge in [-0.15, -0.1) is 11.3 Å². The van der Waals surface area contributed by atoms with Crippen LogP contribution in [0.15, 0.2) is 5.38 Å². The fraction of sp³-hybridized carbons (Fsp3) is 0.769. The second kappa shape index (κ2) is 7.19. The molecule has 0 spiro atoms. The highest BCUT2D eigenvalue weighted by atomic mass is 32.1. The van der Waals surface area contributed by atoms with Crippen molar-refractivity contribution in [3.05, 3.63) is 16.1 Å². The number of aromatic nitrogens is 1. The third-order valence-corrected chi connectivity index (χ3v) is 4.30. The Hall–Kier alpha value is -0.490. The van der Waals surface area contributed by atoms with Crippen LogP contribution in [0, 0.1) is 0 Å². The summed E-state index contributed by atoms with van der Waals surface area (Å²) in [4.78, 5) is 6.83. The summed E-state index contributed by atoms with van der Waals surface area (Å²) in [6, 6.07) is 0. The van der Waals surface area contributed by atoms with Crippen LogP contribution in [0.2, 0.25) is 0 Å². The number of rotatable bonds is 7. The molecule has 2 heterocycles. The molecule has 1 aromatic rings. The molecule has 1 atom stereocenters. The average molecular weight is 269 g/mol. The molecule has 0 aromatic carbocycles. The van der Waals surface area contributed by atoms with Crippen molar-refractivity contribution in [3.63, 3.8) is 0 Å². The van der Waals surface area contributed by atoms with Gasteiger partial charge in [-0.3, -0.25) is 0 Å². The zero-order valence-corrected chi connectivity index (χ0v) is 11.9. The molecule has 2 rings (SSSR count). The van der Waals surface area contributed by atoms with Gasteiger partial charge in [0.1, 0.15) is 0 Å². The van der Waals surface area contributed by atoms with Gasteiger partial charge in [-0.1, -0.05) is 6.92 Å². The zero-order valence-electron chi connectivity index (χ0n) is 11.1. The van der Waals surface area contributed by atoms with Crippen LogP contribution in [0.3, 0.4) is 0 Å². The van der Waals surface area contributed by atoms with Gasteiger partial charge < -0.3 is 15.3 Å². The van der Waals surface area contributed by atoms with Gasteiger partial charge in [0.05, 0.1) is 16.8 Å². The summed E-state index contributed by atoms with van der Waals surface area (Å²) in [5, 5.41) is 16.5. The van der Waals surface area contributed by atoms with Crippen molar-refractivity contribution in [3.8, 4) is 0 Å². The van der Waals surface area contributed by atoms with Gasteiger partial charge in [-0.25, -0.2) is 4.98 Å². The van der Waals surface area contributed by atoms with Gasteiger partial charge in [0.2, 0.25) is 0 Å². The monoisotopic (exact) mass is 269 g/mol. The van der Waals surface area contributed by atoms with Crippen molar-refractivity contribution in [1.29, 1.82) is 0 Å². The van der Waals surface area contributed by atoms with Gasteiger partial charge in [0.15, 0.2) is 0 Å². The average Bonchev–Trinajstić information content (AvgIpc) is 3.00. The third kappa shape index (κ3) is 4.31. The molecule has 0 radical (unpaired) electrons. The van der Waals surface area contributed by atoms with Crippen LogP contribution in [0.5, 0.6) is 0 Å². The molecule has 0 saturated carbocycles. The Balaban J connectivity index is 1.61. The summed E-state index contributed by atoms with van der Waals surface area (Å²) >= 11 is 1.71. The van der Waals surface area contributed by atoms with E-state index in [1.54, 1.807) is 11.3 Å². The minimum atomic E-state index is -0.271. The molecule has 1 aliphatic rings. The number of nitrogens with one attached hydrogen (secondary N) is 1. The first kappa shape index (κ1) is 13.9. The van der Waals surface area contributed by atoms with Crippen LogP contribution >= 0.6 is 11.3 Å². The van der Waals surface area contributed by atoms with Crippen molar-refractivity contribution >= 4 is 11.3 Å². The minimum absolute atomic E-state index is 0.271. The molecule has 18 heavy (non-hydrogen) atoms. The van der Waals surface area contributed by atoms with Gasteiger partial charge in [0.25, 0.3) is 0 Å². The van der Waals surface area contributed by atoms with Crippen LogP contribution in [-0.4, -0.2) is 47.3 Å². The lowest BCUT2D eigenvalue weighted by atomic mass is 10.3. The summed E-state index contributed by atoms with van der Waals surface area (Å²) in [5.74, 6) is 0. The quantitative estimate of drug-likeness (QED) is 0.782. The van der Waals surface area contributed by atoms with Gasteiger partial charge in [0, 0.05) is 25.0 Å². The summed E-state index contributed by atoms with van der Waals surface area (Å²) < 4.78 is 0. The molecule has 0 aliphatic carbocycles. The maximum atomic E-state index is 9.92. The second-order valence-corrected chi connectivity index (χ2v) is 5.82. The van der Waals surface area contributed by atoms with Crippen molar-refractivity contribution in [2.75, 3.05) is 26.2 Å². The Morgan fingerprint density at radius 1 is 1.50 bits per heavy atom. The van der Waals surface area contributed by atoms with E-state index in [4.69, 9.17) is 0 Å². The molecule has 1 aliphatic heterocycles. The Labute approximate surface area is 113 Å². The first-order valence-corrected chi connectivity index (χ1v) is 7.70. The molecule has 4 nitrogen and oxygen atoms in total. The highest BCUT2D eigenvalue weighted by Crippen LogP contribution is 2.10. The molecule has 5 heteroatoms. The number of aliphatic hydroxyl groups excluding tert-OH is 1. The number of likely N-dealkylation sites (tertiary alicyclic amines) is 1. The molecule has 0 bridgehead atoms. The standard InChI is InChI=1S/C13H23N3OS/c1-2-13-15-11(10-18-13)7-14-8-12(17)9-16-5-3-4-6-16/h10,12,14,17H,2-9H2,1H3. The first-order chi connectivity index (χ1) is 8.78. The van der Waals surface area contributed by atoms with Crippen LogP contribution in [0.4, 0.5) is 0 Å².